The summed E-state index contributed by atoms with van der Waals surface area (Å²) in [4.78, 5) is 14.4. The highest BCUT2D eigenvalue weighted by Gasteiger charge is 2.38. The number of carbonyl (C=O) groups is 1. The van der Waals surface area contributed by atoms with E-state index >= 15 is 0 Å². The Balaban J connectivity index is 1.42. The SMILES string of the molecule is Cc1ccccc1CCNC(=O)CN1C[C@H]2CCC[C@@H](C1)C2O. The fraction of sp³-hybridized carbons (Fsp3) is 0.632. The van der Waals surface area contributed by atoms with Gasteiger partial charge in [0.1, 0.15) is 0 Å². The third-order valence-electron chi connectivity index (χ3n) is 5.45. The van der Waals surface area contributed by atoms with Crippen LogP contribution in [0.4, 0.5) is 0 Å². The first-order valence-electron chi connectivity index (χ1n) is 8.85. The highest BCUT2D eigenvalue weighted by molar-refractivity contribution is 5.78. The van der Waals surface area contributed by atoms with Crippen molar-refractivity contribution in [1.82, 2.24) is 10.2 Å². The van der Waals surface area contributed by atoms with Crippen molar-refractivity contribution in [3.63, 3.8) is 0 Å². The van der Waals surface area contributed by atoms with Crippen LogP contribution in [-0.2, 0) is 11.2 Å². The number of nitrogens with one attached hydrogen (secondary N) is 1. The number of aliphatic hydroxyl groups is 1. The van der Waals surface area contributed by atoms with Gasteiger partial charge in [0.25, 0.3) is 0 Å². The monoisotopic (exact) mass is 316 g/mol. The Kier molecular flexibility index (Phi) is 5.34. The maximum Gasteiger partial charge on any atom is 0.234 e. The molecule has 2 aliphatic rings. The molecular weight excluding hydrogens is 288 g/mol. The second-order valence-corrected chi connectivity index (χ2v) is 7.16. The van der Waals surface area contributed by atoms with E-state index in [0.29, 0.717) is 24.9 Å². The first kappa shape index (κ1) is 16.5. The minimum atomic E-state index is -0.149. The third kappa shape index (κ3) is 4.12. The third-order valence-corrected chi connectivity index (χ3v) is 5.45. The maximum absolute atomic E-state index is 12.2. The van der Waals surface area contributed by atoms with Crippen LogP contribution in [0, 0.1) is 18.8 Å². The highest BCUT2D eigenvalue weighted by atomic mass is 16.3. The molecule has 2 N–H and O–H groups in total. The van der Waals surface area contributed by atoms with Crippen molar-refractivity contribution < 1.29 is 9.90 Å². The van der Waals surface area contributed by atoms with E-state index in [1.165, 1.54) is 17.5 Å². The first-order valence-corrected chi connectivity index (χ1v) is 8.85. The number of amides is 1. The smallest absolute Gasteiger partial charge is 0.234 e. The number of carbonyl (C=O) groups excluding carboxylic acids is 1. The number of benzene rings is 1. The molecule has 1 amide bonds. The van der Waals surface area contributed by atoms with E-state index in [0.717, 1.165) is 32.4 Å². The summed E-state index contributed by atoms with van der Waals surface area (Å²) in [6.45, 7) is 4.99. The molecule has 2 bridgehead atoms. The lowest BCUT2D eigenvalue weighted by Crippen LogP contribution is -2.53. The van der Waals surface area contributed by atoms with Crippen LogP contribution in [0.5, 0.6) is 0 Å². The molecule has 1 aliphatic carbocycles. The zero-order valence-electron chi connectivity index (χ0n) is 14.0. The lowest BCUT2D eigenvalue weighted by molar-refractivity contribution is -0.124. The molecule has 1 aromatic rings. The van der Waals surface area contributed by atoms with E-state index in [4.69, 9.17) is 0 Å². The Morgan fingerprint density at radius 1 is 1.26 bits per heavy atom. The molecule has 1 saturated carbocycles. The Morgan fingerprint density at radius 3 is 2.65 bits per heavy atom. The van der Waals surface area contributed by atoms with Crippen LogP contribution in [0.25, 0.3) is 0 Å². The van der Waals surface area contributed by atoms with E-state index in [9.17, 15) is 9.90 Å². The minimum absolute atomic E-state index is 0.105. The fourth-order valence-electron chi connectivity index (χ4n) is 4.12. The predicted octanol–water partition coefficient (Wildman–Crippen LogP) is 1.75. The molecule has 4 nitrogen and oxygen atoms in total. The van der Waals surface area contributed by atoms with E-state index in [-0.39, 0.29) is 12.0 Å². The molecule has 1 heterocycles. The molecule has 23 heavy (non-hydrogen) atoms. The van der Waals surface area contributed by atoms with Gasteiger partial charge in [-0.2, -0.15) is 0 Å². The van der Waals surface area contributed by atoms with Crippen molar-refractivity contribution in [3.05, 3.63) is 35.4 Å². The van der Waals surface area contributed by atoms with Crippen molar-refractivity contribution in [2.75, 3.05) is 26.2 Å². The molecule has 0 spiro atoms. The number of hydrogen-bond donors (Lipinski definition) is 2. The van der Waals surface area contributed by atoms with Gasteiger partial charge in [-0.25, -0.2) is 0 Å². The molecule has 3 atom stereocenters. The molecule has 126 valence electrons. The number of aliphatic hydroxyl groups excluding tert-OH is 1. The number of likely N-dealkylation sites (tertiary alicyclic amines) is 1. The Morgan fingerprint density at radius 2 is 1.96 bits per heavy atom. The van der Waals surface area contributed by atoms with Gasteiger partial charge in [0, 0.05) is 19.6 Å². The zero-order valence-corrected chi connectivity index (χ0v) is 14.0. The van der Waals surface area contributed by atoms with Gasteiger partial charge in [-0.3, -0.25) is 9.69 Å². The van der Waals surface area contributed by atoms with E-state index in [1.54, 1.807) is 0 Å². The lowest BCUT2D eigenvalue weighted by Gasteiger charge is -2.44. The van der Waals surface area contributed by atoms with Gasteiger partial charge in [0.2, 0.25) is 5.91 Å². The van der Waals surface area contributed by atoms with Crippen molar-refractivity contribution in [2.24, 2.45) is 11.8 Å². The molecule has 1 unspecified atom stereocenters. The first-order chi connectivity index (χ1) is 11.1. The summed E-state index contributed by atoms with van der Waals surface area (Å²) < 4.78 is 0. The van der Waals surface area contributed by atoms with E-state index in [2.05, 4.69) is 29.3 Å². The van der Waals surface area contributed by atoms with Gasteiger partial charge in [-0.05, 0) is 49.1 Å². The number of aryl methyl sites for hydroxylation is 1. The van der Waals surface area contributed by atoms with Crippen LogP contribution < -0.4 is 5.32 Å². The molecule has 0 aromatic heterocycles. The number of nitrogens with zero attached hydrogens (tertiary/aromatic N) is 1. The van der Waals surface area contributed by atoms with Gasteiger partial charge >= 0.3 is 0 Å². The van der Waals surface area contributed by atoms with E-state index in [1.807, 2.05) is 12.1 Å². The van der Waals surface area contributed by atoms with Crippen LogP contribution in [0.3, 0.4) is 0 Å². The Bertz CT molecular complexity index is 532. The summed E-state index contributed by atoms with van der Waals surface area (Å²) in [5, 5.41) is 13.2. The number of piperidine rings is 1. The fourth-order valence-corrected chi connectivity index (χ4v) is 4.12. The summed E-state index contributed by atoms with van der Waals surface area (Å²) in [7, 11) is 0. The van der Waals surface area contributed by atoms with Crippen LogP contribution in [0.1, 0.15) is 30.4 Å². The maximum atomic E-state index is 12.2. The van der Waals surface area contributed by atoms with Crippen LogP contribution >= 0.6 is 0 Å². The average Bonchev–Trinajstić information content (AvgIpc) is 2.50. The van der Waals surface area contributed by atoms with Crippen LogP contribution in [-0.4, -0.2) is 48.2 Å². The second-order valence-electron chi connectivity index (χ2n) is 7.16. The van der Waals surface area contributed by atoms with Crippen molar-refractivity contribution >= 4 is 5.91 Å². The molecular formula is C19H28N2O2. The van der Waals surface area contributed by atoms with Gasteiger partial charge in [0.05, 0.1) is 12.6 Å². The highest BCUT2D eigenvalue weighted by Crippen LogP contribution is 2.34. The van der Waals surface area contributed by atoms with Crippen LogP contribution in [0.2, 0.25) is 0 Å². The number of hydrogen-bond acceptors (Lipinski definition) is 3. The summed E-state index contributed by atoms with van der Waals surface area (Å²) in [6.07, 6.45) is 4.15. The van der Waals surface area contributed by atoms with Crippen molar-refractivity contribution in [3.8, 4) is 0 Å². The normalized spacial score (nSPS) is 27.7. The topological polar surface area (TPSA) is 52.6 Å². The van der Waals surface area contributed by atoms with Gasteiger partial charge in [-0.1, -0.05) is 30.7 Å². The second kappa shape index (κ2) is 7.45. The Labute approximate surface area is 138 Å². The molecule has 2 fully saturated rings. The molecule has 1 aliphatic heterocycles. The number of rotatable bonds is 5. The van der Waals surface area contributed by atoms with Gasteiger partial charge < -0.3 is 10.4 Å². The molecule has 1 saturated heterocycles. The molecule has 3 rings (SSSR count). The van der Waals surface area contributed by atoms with Crippen molar-refractivity contribution in [1.29, 1.82) is 0 Å². The summed E-state index contributed by atoms with van der Waals surface area (Å²) >= 11 is 0. The molecule has 0 radical (unpaired) electrons. The Hall–Kier alpha value is -1.39. The molecule has 4 heteroatoms. The van der Waals surface area contributed by atoms with Crippen molar-refractivity contribution in [2.45, 2.75) is 38.7 Å². The van der Waals surface area contributed by atoms with Crippen LogP contribution in [0.15, 0.2) is 24.3 Å². The standard InChI is InChI=1S/C19H28N2O2/c1-14-5-2-3-6-15(14)9-10-20-18(22)13-21-11-16-7-4-8-17(12-21)19(16)23/h2-3,5-6,16-17,19,23H,4,7-13H2,1H3,(H,20,22)/t16-,17+,19?. The van der Waals surface area contributed by atoms with E-state index < -0.39 is 0 Å². The van der Waals surface area contributed by atoms with Gasteiger partial charge in [0.15, 0.2) is 0 Å². The minimum Gasteiger partial charge on any atom is -0.392 e. The lowest BCUT2D eigenvalue weighted by atomic mass is 9.75. The molecule has 1 aromatic carbocycles. The predicted molar refractivity (Wildman–Crippen MR) is 91.2 cm³/mol. The zero-order chi connectivity index (χ0) is 16.2. The van der Waals surface area contributed by atoms with Gasteiger partial charge in [-0.15, -0.1) is 0 Å². The summed E-state index contributed by atoms with van der Waals surface area (Å²) in [6, 6.07) is 8.31. The summed E-state index contributed by atoms with van der Waals surface area (Å²) in [5.41, 5.74) is 2.57. The quantitative estimate of drug-likeness (QED) is 0.870. The largest absolute Gasteiger partial charge is 0.392 e. The summed E-state index contributed by atoms with van der Waals surface area (Å²) in [5.74, 6) is 0.831. The average molecular weight is 316 g/mol. The number of fused-ring (bicyclic) bond motifs is 2.